The molecule has 0 bridgehead atoms. The van der Waals surface area contributed by atoms with Crippen molar-refractivity contribution in [3.8, 4) is 0 Å². The molecule has 1 aromatic carbocycles. The molecule has 1 saturated heterocycles. The second-order valence-electron chi connectivity index (χ2n) is 6.16. The lowest BCUT2D eigenvalue weighted by atomic mass is 10.1. The molecule has 2 unspecified atom stereocenters. The van der Waals surface area contributed by atoms with E-state index in [0.717, 1.165) is 41.5 Å². The van der Waals surface area contributed by atoms with Gasteiger partial charge in [0.2, 0.25) is 5.91 Å². The van der Waals surface area contributed by atoms with E-state index < -0.39 is 0 Å². The number of carbonyl (C=O) groups is 1. The van der Waals surface area contributed by atoms with E-state index in [1.54, 1.807) is 0 Å². The van der Waals surface area contributed by atoms with Crippen LogP contribution in [0.4, 0.5) is 0 Å². The largest absolute Gasteiger partial charge is 0.333 e. The second kappa shape index (κ2) is 8.61. The quantitative estimate of drug-likeness (QED) is 0.847. The molecule has 2 fully saturated rings. The summed E-state index contributed by atoms with van der Waals surface area (Å²) >= 11 is 8.26. The number of nitrogens with zero attached hydrogens (tertiary/aromatic N) is 1. The van der Waals surface area contributed by atoms with Gasteiger partial charge in [-0.05, 0) is 31.4 Å². The van der Waals surface area contributed by atoms with Gasteiger partial charge < -0.3 is 10.2 Å². The fraction of sp³-hybridized carbons (Fsp3) is 0.588. The smallest absolute Gasteiger partial charge is 0.224 e. The standard InChI is InChI=1S/C17H23ClN2OS.ClH/c1-12(15-4-2-3-5-16(15)18)20(14-6-7-14)17(21)10-13-11-22-9-8-19-13;/h2-5,12-14,19H,6-11H2,1H3;1H. The lowest BCUT2D eigenvalue weighted by Gasteiger charge is -2.32. The zero-order valence-electron chi connectivity index (χ0n) is 13.3. The van der Waals surface area contributed by atoms with Crippen molar-refractivity contribution in [3.63, 3.8) is 0 Å². The average Bonchev–Trinajstić information content (AvgIpc) is 3.33. The van der Waals surface area contributed by atoms with Crippen molar-refractivity contribution in [2.45, 2.75) is 44.3 Å². The molecular weight excluding hydrogens is 351 g/mol. The normalized spacial score (nSPS) is 22.1. The van der Waals surface area contributed by atoms with E-state index in [4.69, 9.17) is 11.6 Å². The van der Waals surface area contributed by atoms with Gasteiger partial charge >= 0.3 is 0 Å². The minimum absolute atomic E-state index is 0. The zero-order valence-corrected chi connectivity index (χ0v) is 15.7. The van der Waals surface area contributed by atoms with Crippen molar-refractivity contribution < 1.29 is 4.79 Å². The van der Waals surface area contributed by atoms with Gasteiger partial charge in [0, 0.05) is 41.6 Å². The van der Waals surface area contributed by atoms with Crippen molar-refractivity contribution in [1.82, 2.24) is 10.2 Å². The minimum atomic E-state index is 0. The third-order valence-corrected chi connectivity index (χ3v) is 5.90. The zero-order chi connectivity index (χ0) is 15.5. The molecule has 2 aliphatic rings. The van der Waals surface area contributed by atoms with Crippen molar-refractivity contribution in [3.05, 3.63) is 34.9 Å². The topological polar surface area (TPSA) is 32.3 Å². The summed E-state index contributed by atoms with van der Waals surface area (Å²) in [6.07, 6.45) is 2.83. The summed E-state index contributed by atoms with van der Waals surface area (Å²) < 4.78 is 0. The van der Waals surface area contributed by atoms with E-state index in [0.29, 0.717) is 18.5 Å². The highest BCUT2D eigenvalue weighted by atomic mass is 35.5. The maximum Gasteiger partial charge on any atom is 0.224 e. The molecule has 6 heteroatoms. The van der Waals surface area contributed by atoms with Crippen molar-refractivity contribution in [2.75, 3.05) is 18.1 Å². The molecule has 1 heterocycles. The predicted molar refractivity (Wildman–Crippen MR) is 101 cm³/mol. The van der Waals surface area contributed by atoms with Crippen molar-refractivity contribution in [2.24, 2.45) is 0 Å². The molecule has 23 heavy (non-hydrogen) atoms. The number of hydrogen-bond donors (Lipinski definition) is 1. The van der Waals surface area contributed by atoms with Crippen LogP contribution < -0.4 is 5.32 Å². The van der Waals surface area contributed by atoms with Crippen LogP contribution in [0.2, 0.25) is 5.02 Å². The molecular formula is C17H24Cl2N2OS. The highest BCUT2D eigenvalue weighted by Gasteiger charge is 2.37. The molecule has 2 atom stereocenters. The van der Waals surface area contributed by atoms with Gasteiger partial charge in [0.1, 0.15) is 0 Å². The first kappa shape index (κ1) is 18.9. The van der Waals surface area contributed by atoms with Gasteiger partial charge in [-0.25, -0.2) is 0 Å². The summed E-state index contributed by atoms with van der Waals surface area (Å²) in [7, 11) is 0. The maximum atomic E-state index is 12.9. The highest BCUT2D eigenvalue weighted by Crippen LogP contribution is 2.37. The fourth-order valence-corrected chi connectivity index (χ4v) is 4.36. The van der Waals surface area contributed by atoms with Crippen LogP contribution in [0.3, 0.4) is 0 Å². The van der Waals surface area contributed by atoms with Crippen molar-refractivity contribution >= 4 is 41.7 Å². The first-order valence-electron chi connectivity index (χ1n) is 8.03. The Kier molecular flexibility index (Phi) is 7.08. The van der Waals surface area contributed by atoms with Gasteiger partial charge in [-0.2, -0.15) is 11.8 Å². The van der Waals surface area contributed by atoms with Crippen LogP contribution in [0.1, 0.15) is 37.8 Å². The number of halogens is 2. The second-order valence-corrected chi connectivity index (χ2v) is 7.72. The minimum Gasteiger partial charge on any atom is -0.333 e. The summed E-state index contributed by atoms with van der Waals surface area (Å²) in [5.74, 6) is 2.44. The predicted octanol–water partition coefficient (Wildman–Crippen LogP) is 3.91. The van der Waals surface area contributed by atoms with Crippen LogP contribution >= 0.6 is 35.8 Å². The maximum absolute atomic E-state index is 12.9. The highest BCUT2D eigenvalue weighted by molar-refractivity contribution is 7.99. The SMILES string of the molecule is CC(c1ccccc1Cl)N(C(=O)CC1CSCCN1)C1CC1.Cl. The number of amides is 1. The van der Waals surface area contributed by atoms with Gasteiger partial charge in [-0.1, -0.05) is 29.8 Å². The Morgan fingerprint density at radius 2 is 2.17 bits per heavy atom. The van der Waals surface area contributed by atoms with E-state index in [1.165, 1.54) is 0 Å². The van der Waals surface area contributed by atoms with Crippen LogP contribution in [0.5, 0.6) is 0 Å². The molecule has 128 valence electrons. The number of hydrogen-bond acceptors (Lipinski definition) is 3. The van der Waals surface area contributed by atoms with Gasteiger partial charge in [0.25, 0.3) is 0 Å². The first-order chi connectivity index (χ1) is 10.7. The summed E-state index contributed by atoms with van der Waals surface area (Å²) in [6.45, 7) is 3.10. The van der Waals surface area contributed by atoms with Gasteiger partial charge in [0.05, 0.1) is 6.04 Å². The average molecular weight is 375 g/mol. The molecule has 1 saturated carbocycles. The van der Waals surface area contributed by atoms with Crippen molar-refractivity contribution in [1.29, 1.82) is 0 Å². The van der Waals surface area contributed by atoms with Crippen LogP contribution in [0.15, 0.2) is 24.3 Å². The van der Waals surface area contributed by atoms with E-state index in [-0.39, 0.29) is 24.4 Å². The monoisotopic (exact) mass is 374 g/mol. The number of nitrogens with one attached hydrogen (secondary N) is 1. The van der Waals surface area contributed by atoms with E-state index in [1.807, 2.05) is 36.0 Å². The molecule has 1 aliphatic heterocycles. The van der Waals surface area contributed by atoms with Crippen LogP contribution in [-0.4, -0.2) is 40.9 Å². The number of benzene rings is 1. The van der Waals surface area contributed by atoms with Crippen LogP contribution in [0.25, 0.3) is 0 Å². The molecule has 3 rings (SSSR count). The van der Waals surface area contributed by atoms with E-state index >= 15 is 0 Å². The third kappa shape index (κ3) is 4.79. The van der Waals surface area contributed by atoms with E-state index in [9.17, 15) is 4.79 Å². The Morgan fingerprint density at radius 1 is 1.43 bits per heavy atom. The molecule has 1 aliphatic carbocycles. The van der Waals surface area contributed by atoms with E-state index in [2.05, 4.69) is 17.1 Å². The van der Waals surface area contributed by atoms with Gasteiger partial charge in [0.15, 0.2) is 0 Å². The Bertz CT molecular complexity index is 533. The fourth-order valence-electron chi connectivity index (χ4n) is 3.12. The van der Waals surface area contributed by atoms with Crippen LogP contribution in [-0.2, 0) is 4.79 Å². The molecule has 1 N–H and O–H groups in total. The number of rotatable bonds is 5. The molecule has 1 amide bonds. The molecule has 0 radical (unpaired) electrons. The molecule has 3 nitrogen and oxygen atoms in total. The summed E-state index contributed by atoms with van der Waals surface area (Å²) in [5, 5.41) is 4.21. The molecule has 1 aromatic rings. The number of carbonyl (C=O) groups excluding carboxylic acids is 1. The lowest BCUT2D eigenvalue weighted by molar-refractivity contribution is -0.134. The third-order valence-electron chi connectivity index (χ3n) is 4.42. The Balaban J connectivity index is 0.00000192. The van der Waals surface area contributed by atoms with Gasteiger partial charge in [-0.15, -0.1) is 12.4 Å². The van der Waals surface area contributed by atoms with Crippen LogP contribution in [0, 0.1) is 0 Å². The first-order valence-corrected chi connectivity index (χ1v) is 9.57. The molecule has 0 aromatic heterocycles. The summed E-state index contributed by atoms with van der Waals surface area (Å²) in [5.41, 5.74) is 1.05. The summed E-state index contributed by atoms with van der Waals surface area (Å²) in [6, 6.07) is 8.62. The molecule has 0 spiro atoms. The lowest BCUT2D eigenvalue weighted by Crippen LogP contribution is -2.44. The van der Waals surface area contributed by atoms with Gasteiger partial charge in [-0.3, -0.25) is 4.79 Å². The Hall–Kier alpha value is -0.420. The Morgan fingerprint density at radius 3 is 2.78 bits per heavy atom. The number of thioether (sulfide) groups is 1. The summed E-state index contributed by atoms with van der Waals surface area (Å²) in [4.78, 5) is 14.9. The Labute approximate surface area is 153 Å².